The number of hydrogen-bond acceptors (Lipinski definition) is 6. The number of aryl methyl sites for hydroxylation is 1. The lowest BCUT2D eigenvalue weighted by Gasteiger charge is -2.11. The standard InChI is InChI=1S/C14H18N2O4S2/c1-10-16-11(9-21-10)6-7-15-22(17,18)14-8-12(19-2)4-5-13(14)20-3/h4-5,8-9,15H,6-7H2,1-3H3. The predicted molar refractivity (Wildman–Crippen MR) is 85.3 cm³/mol. The number of thiazole rings is 1. The molecule has 8 heteroatoms. The Labute approximate surface area is 134 Å². The van der Waals surface area contributed by atoms with E-state index < -0.39 is 10.0 Å². The fraction of sp³-hybridized carbons (Fsp3) is 0.357. The Morgan fingerprint density at radius 1 is 1.27 bits per heavy atom. The van der Waals surface area contributed by atoms with Gasteiger partial charge in [0.1, 0.15) is 16.4 Å². The number of aromatic nitrogens is 1. The van der Waals surface area contributed by atoms with Crippen LogP contribution < -0.4 is 14.2 Å². The second-order valence-corrected chi connectivity index (χ2v) is 7.32. The molecule has 1 N–H and O–H groups in total. The summed E-state index contributed by atoms with van der Waals surface area (Å²) in [5, 5.41) is 2.89. The maximum absolute atomic E-state index is 12.4. The van der Waals surface area contributed by atoms with Crippen LogP contribution in [0.3, 0.4) is 0 Å². The summed E-state index contributed by atoms with van der Waals surface area (Å²) >= 11 is 1.54. The van der Waals surface area contributed by atoms with Gasteiger partial charge in [-0.05, 0) is 19.1 Å². The van der Waals surface area contributed by atoms with Crippen LogP contribution in [0.4, 0.5) is 0 Å². The molecule has 0 amide bonds. The largest absolute Gasteiger partial charge is 0.497 e. The highest BCUT2D eigenvalue weighted by atomic mass is 32.2. The second kappa shape index (κ2) is 7.08. The second-order valence-electron chi connectivity index (χ2n) is 4.52. The van der Waals surface area contributed by atoms with E-state index >= 15 is 0 Å². The summed E-state index contributed by atoms with van der Waals surface area (Å²) in [7, 11) is -0.767. The first-order valence-corrected chi connectivity index (χ1v) is 8.95. The molecule has 2 rings (SSSR count). The normalized spacial score (nSPS) is 11.4. The predicted octanol–water partition coefficient (Wildman–Crippen LogP) is 1.99. The molecule has 0 atom stereocenters. The van der Waals surface area contributed by atoms with Crippen LogP contribution in [0.2, 0.25) is 0 Å². The van der Waals surface area contributed by atoms with Gasteiger partial charge in [0.2, 0.25) is 10.0 Å². The Kier molecular flexibility index (Phi) is 5.38. The summed E-state index contributed by atoms with van der Waals surface area (Å²) in [5.41, 5.74) is 0.878. The van der Waals surface area contributed by atoms with E-state index in [0.717, 1.165) is 10.7 Å². The van der Waals surface area contributed by atoms with Gasteiger partial charge in [0.05, 0.1) is 24.9 Å². The number of benzene rings is 1. The van der Waals surface area contributed by atoms with Gasteiger partial charge in [-0.25, -0.2) is 18.1 Å². The zero-order valence-electron chi connectivity index (χ0n) is 12.6. The van der Waals surface area contributed by atoms with Crippen LogP contribution in [0.1, 0.15) is 10.7 Å². The van der Waals surface area contributed by atoms with E-state index in [1.807, 2.05) is 12.3 Å². The van der Waals surface area contributed by atoms with E-state index in [9.17, 15) is 8.42 Å². The maximum Gasteiger partial charge on any atom is 0.244 e. The Bertz CT molecular complexity index is 741. The maximum atomic E-state index is 12.4. The SMILES string of the molecule is COc1ccc(OC)c(S(=O)(=O)NCCc2csc(C)n2)c1. The summed E-state index contributed by atoms with van der Waals surface area (Å²) < 4.78 is 37.6. The zero-order valence-corrected chi connectivity index (χ0v) is 14.3. The molecule has 1 heterocycles. The number of rotatable bonds is 7. The molecule has 120 valence electrons. The van der Waals surface area contributed by atoms with E-state index in [2.05, 4.69) is 9.71 Å². The Morgan fingerprint density at radius 2 is 2.05 bits per heavy atom. The lowest BCUT2D eigenvalue weighted by molar-refractivity contribution is 0.392. The third-order valence-electron chi connectivity index (χ3n) is 3.00. The van der Waals surface area contributed by atoms with Crippen LogP contribution in [-0.4, -0.2) is 34.2 Å². The molecule has 6 nitrogen and oxygen atoms in total. The van der Waals surface area contributed by atoms with Crippen molar-refractivity contribution in [1.29, 1.82) is 0 Å². The third-order valence-corrected chi connectivity index (χ3v) is 5.30. The lowest BCUT2D eigenvalue weighted by atomic mass is 10.3. The van der Waals surface area contributed by atoms with E-state index in [4.69, 9.17) is 9.47 Å². The van der Waals surface area contributed by atoms with Gasteiger partial charge in [-0.3, -0.25) is 0 Å². The highest BCUT2D eigenvalue weighted by molar-refractivity contribution is 7.89. The summed E-state index contributed by atoms with van der Waals surface area (Å²) in [5.74, 6) is 0.731. The van der Waals surface area contributed by atoms with Gasteiger partial charge in [-0.15, -0.1) is 11.3 Å². The van der Waals surface area contributed by atoms with Gasteiger partial charge in [0, 0.05) is 24.4 Å². The average molecular weight is 342 g/mol. The van der Waals surface area contributed by atoms with Gasteiger partial charge in [-0.1, -0.05) is 0 Å². The van der Waals surface area contributed by atoms with Crippen molar-refractivity contribution in [2.24, 2.45) is 0 Å². The molecule has 0 saturated carbocycles. The van der Waals surface area contributed by atoms with Crippen molar-refractivity contribution in [1.82, 2.24) is 9.71 Å². The number of methoxy groups -OCH3 is 2. The first kappa shape index (κ1) is 16.7. The molecule has 0 aliphatic heterocycles. The smallest absolute Gasteiger partial charge is 0.244 e. The molecule has 0 bridgehead atoms. The molecule has 0 radical (unpaired) electrons. The quantitative estimate of drug-likeness (QED) is 0.832. The molecular weight excluding hydrogens is 324 g/mol. The molecule has 1 aromatic carbocycles. The summed E-state index contributed by atoms with van der Waals surface area (Å²) in [6, 6.07) is 4.65. The fourth-order valence-corrected chi connectivity index (χ4v) is 3.77. The van der Waals surface area contributed by atoms with E-state index in [1.54, 1.807) is 23.5 Å². The molecule has 0 aliphatic rings. The third kappa shape index (κ3) is 3.96. The van der Waals surface area contributed by atoms with Crippen molar-refractivity contribution in [3.8, 4) is 11.5 Å². The van der Waals surface area contributed by atoms with E-state index in [-0.39, 0.29) is 17.2 Å². The number of ether oxygens (including phenoxy) is 2. The fourth-order valence-electron chi connectivity index (χ4n) is 1.91. The molecule has 0 aliphatic carbocycles. The number of nitrogens with zero attached hydrogens (tertiary/aromatic N) is 1. The highest BCUT2D eigenvalue weighted by Crippen LogP contribution is 2.27. The minimum atomic E-state index is -3.68. The van der Waals surface area contributed by atoms with Crippen LogP contribution >= 0.6 is 11.3 Å². The summed E-state index contributed by atoms with van der Waals surface area (Å²) in [6.45, 7) is 2.19. The van der Waals surface area contributed by atoms with Gasteiger partial charge < -0.3 is 9.47 Å². The zero-order chi connectivity index (χ0) is 16.2. The van der Waals surface area contributed by atoms with E-state index in [1.165, 1.54) is 20.3 Å². The van der Waals surface area contributed by atoms with Crippen LogP contribution in [0.5, 0.6) is 11.5 Å². The first-order chi connectivity index (χ1) is 10.5. The molecule has 0 fully saturated rings. The molecule has 0 saturated heterocycles. The molecule has 0 unspecified atom stereocenters. The lowest BCUT2D eigenvalue weighted by Crippen LogP contribution is -2.26. The molecular formula is C14H18N2O4S2. The Morgan fingerprint density at radius 3 is 2.64 bits per heavy atom. The van der Waals surface area contributed by atoms with Gasteiger partial charge in [0.25, 0.3) is 0 Å². The first-order valence-electron chi connectivity index (χ1n) is 6.59. The molecule has 2 aromatic rings. The van der Waals surface area contributed by atoms with Crippen molar-refractivity contribution in [3.63, 3.8) is 0 Å². The van der Waals surface area contributed by atoms with Crippen LogP contribution in [0.15, 0.2) is 28.5 Å². The van der Waals surface area contributed by atoms with Crippen LogP contribution in [-0.2, 0) is 16.4 Å². The monoisotopic (exact) mass is 342 g/mol. The van der Waals surface area contributed by atoms with Crippen LogP contribution in [0.25, 0.3) is 0 Å². The minimum Gasteiger partial charge on any atom is -0.497 e. The van der Waals surface area contributed by atoms with E-state index in [0.29, 0.717) is 12.2 Å². The Balaban J connectivity index is 2.12. The van der Waals surface area contributed by atoms with Crippen LogP contribution in [0, 0.1) is 6.92 Å². The summed E-state index contributed by atoms with van der Waals surface area (Å²) in [6.07, 6.45) is 0.538. The van der Waals surface area contributed by atoms with Crippen molar-refractivity contribution in [3.05, 3.63) is 34.3 Å². The Hall–Kier alpha value is -1.64. The van der Waals surface area contributed by atoms with Crippen molar-refractivity contribution < 1.29 is 17.9 Å². The van der Waals surface area contributed by atoms with Gasteiger partial charge >= 0.3 is 0 Å². The molecule has 1 aromatic heterocycles. The highest BCUT2D eigenvalue weighted by Gasteiger charge is 2.20. The summed E-state index contributed by atoms with van der Waals surface area (Å²) in [4.78, 5) is 4.36. The van der Waals surface area contributed by atoms with Crippen molar-refractivity contribution >= 4 is 21.4 Å². The average Bonchev–Trinajstić information content (AvgIpc) is 2.91. The number of hydrogen-bond donors (Lipinski definition) is 1. The molecule has 22 heavy (non-hydrogen) atoms. The van der Waals surface area contributed by atoms with Gasteiger partial charge in [0.15, 0.2) is 0 Å². The topological polar surface area (TPSA) is 77.5 Å². The van der Waals surface area contributed by atoms with Crippen molar-refractivity contribution in [2.75, 3.05) is 20.8 Å². The molecule has 0 spiro atoms. The van der Waals surface area contributed by atoms with Gasteiger partial charge in [-0.2, -0.15) is 0 Å². The number of sulfonamides is 1. The van der Waals surface area contributed by atoms with Crippen molar-refractivity contribution in [2.45, 2.75) is 18.2 Å². The number of nitrogens with one attached hydrogen (secondary N) is 1. The minimum absolute atomic E-state index is 0.0591.